The number of hydrogen-bond acceptors (Lipinski definition) is 6. The third-order valence-corrected chi connectivity index (χ3v) is 7.26. The fourth-order valence-corrected chi connectivity index (χ4v) is 5.56. The Morgan fingerprint density at radius 2 is 2.05 bits per heavy atom. The van der Waals surface area contributed by atoms with E-state index in [1.165, 1.54) is 11.5 Å². The molecular formula is C13H21N3O2S2. The van der Waals surface area contributed by atoms with Crippen LogP contribution in [-0.4, -0.2) is 30.6 Å². The van der Waals surface area contributed by atoms with Gasteiger partial charge in [0.2, 0.25) is 0 Å². The molecule has 0 bridgehead atoms. The summed E-state index contributed by atoms with van der Waals surface area (Å²) in [7, 11) is -3.28. The van der Waals surface area contributed by atoms with Crippen LogP contribution in [0.25, 0.3) is 0 Å². The molecule has 0 saturated heterocycles. The summed E-state index contributed by atoms with van der Waals surface area (Å²) in [6.45, 7) is 3.05. The van der Waals surface area contributed by atoms with Crippen molar-refractivity contribution in [3.8, 4) is 0 Å². The van der Waals surface area contributed by atoms with Gasteiger partial charge < -0.3 is 10.6 Å². The summed E-state index contributed by atoms with van der Waals surface area (Å²) in [5.41, 5.74) is 5.87. The zero-order valence-electron chi connectivity index (χ0n) is 11.7. The standard InChI is InChI=1S/C13H21N3O2S2/c1-2-3-8-16(9-4-5-9)13-11(12(14)15-19-13)20(17,18)10-6-7-10/h9-10H,2-8H2,1H3,(H2,14,15). The summed E-state index contributed by atoms with van der Waals surface area (Å²) in [5, 5.41) is 0.553. The summed E-state index contributed by atoms with van der Waals surface area (Å²) in [5.74, 6) is 0.194. The molecule has 2 N–H and O–H groups in total. The fourth-order valence-electron chi connectivity index (χ4n) is 2.44. The van der Waals surface area contributed by atoms with E-state index in [0.29, 0.717) is 10.9 Å². The lowest BCUT2D eigenvalue weighted by Crippen LogP contribution is -2.27. The normalized spacial score (nSPS) is 19.2. The first-order chi connectivity index (χ1) is 9.55. The van der Waals surface area contributed by atoms with Gasteiger partial charge in [-0.05, 0) is 43.6 Å². The average molecular weight is 315 g/mol. The quantitative estimate of drug-likeness (QED) is 0.836. The predicted molar refractivity (Wildman–Crippen MR) is 82.0 cm³/mol. The first-order valence-corrected chi connectivity index (χ1v) is 9.63. The Balaban J connectivity index is 1.96. The molecule has 0 aromatic carbocycles. The van der Waals surface area contributed by atoms with Crippen molar-refractivity contribution in [2.75, 3.05) is 17.2 Å². The van der Waals surface area contributed by atoms with Gasteiger partial charge in [-0.15, -0.1) is 0 Å². The Morgan fingerprint density at radius 1 is 1.35 bits per heavy atom. The third-order valence-electron chi connectivity index (χ3n) is 3.91. The molecule has 0 aliphatic heterocycles. The van der Waals surface area contributed by atoms with Crippen molar-refractivity contribution in [2.45, 2.75) is 61.6 Å². The maximum absolute atomic E-state index is 12.6. The number of rotatable bonds is 7. The van der Waals surface area contributed by atoms with Crippen LogP contribution in [0.2, 0.25) is 0 Å². The maximum atomic E-state index is 12.6. The summed E-state index contributed by atoms with van der Waals surface area (Å²) in [6, 6.07) is 0.481. The molecule has 2 aliphatic rings. The molecule has 1 aromatic heterocycles. The maximum Gasteiger partial charge on any atom is 0.187 e. The van der Waals surface area contributed by atoms with Gasteiger partial charge in [-0.25, -0.2) is 8.42 Å². The van der Waals surface area contributed by atoms with Crippen molar-refractivity contribution in [1.82, 2.24) is 4.37 Å². The van der Waals surface area contributed by atoms with Crippen LogP contribution in [0.1, 0.15) is 45.4 Å². The number of nitrogens with two attached hydrogens (primary N) is 1. The van der Waals surface area contributed by atoms with Crippen LogP contribution in [0.15, 0.2) is 4.90 Å². The second kappa shape index (κ2) is 5.18. The molecule has 2 aliphatic carbocycles. The van der Waals surface area contributed by atoms with Gasteiger partial charge in [-0.2, -0.15) is 4.37 Å². The molecule has 2 saturated carbocycles. The molecule has 0 atom stereocenters. The number of aromatic nitrogens is 1. The summed E-state index contributed by atoms with van der Waals surface area (Å²) in [4.78, 5) is 2.54. The molecule has 0 spiro atoms. The molecule has 112 valence electrons. The molecule has 5 nitrogen and oxygen atoms in total. The van der Waals surface area contributed by atoms with Crippen LogP contribution in [-0.2, 0) is 9.84 Å². The van der Waals surface area contributed by atoms with Crippen molar-refractivity contribution in [3.05, 3.63) is 0 Å². The highest BCUT2D eigenvalue weighted by atomic mass is 32.2. The van der Waals surface area contributed by atoms with Gasteiger partial charge in [0.05, 0.1) is 5.25 Å². The summed E-state index contributed by atoms with van der Waals surface area (Å²) in [6.07, 6.45) is 5.97. The van der Waals surface area contributed by atoms with Crippen LogP contribution < -0.4 is 10.6 Å². The van der Waals surface area contributed by atoms with Gasteiger partial charge in [0.1, 0.15) is 9.90 Å². The number of unbranched alkanes of at least 4 members (excludes halogenated alkanes) is 1. The van der Waals surface area contributed by atoms with Crippen molar-refractivity contribution in [3.63, 3.8) is 0 Å². The Hall–Kier alpha value is -0.820. The lowest BCUT2D eigenvalue weighted by Gasteiger charge is -2.23. The van der Waals surface area contributed by atoms with Crippen molar-refractivity contribution in [1.29, 1.82) is 0 Å². The highest BCUT2D eigenvalue weighted by molar-refractivity contribution is 7.92. The van der Waals surface area contributed by atoms with E-state index in [-0.39, 0.29) is 11.1 Å². The minimum Gasteiger partial charge on any atom is -0.382 e. The Labute approximate surface area is 124 Å². The van der Waals surface area contributed by atoms with E-state index < -0.39 is 9.84 Å². The zero-order valence-corrected chi connectivity index (χ0v) is 13.3. The van der Waals surface area contributed by atoms with E-state index in [4.69, 9.17) is 5.73 Å². The topological polar surface area (TPSA) is 76.3 Å². The van der Waals surface area contributed by atoms with E-state index in [0.717, 1.165) is 50.1 Å². The van der Waals surface area contributed by atoms with E-state index in [2.05, 4.69) is 16.2 Å². The smallest absolute Gasteiger partial charge is 0.187 e. The van der Waals surface area contributed by atoms with Crippen molar-refractivity contribution < 1.29 is 8.42 Å². The summed E-state index contributed by atoms with van der Waals surface area (Å²) >= 11 is 1.25. The average Bonchev–Trinajstić information content (AvgIpc) is 3.26. The molecule has 2 fully saturated rings. The molecule has 20 heavy (non-hydrogen) atoms. The van der Waals surface area contributed by atoms with Gasteiger partial charge in [-0.1, -0.05) is 13.3 Å². The molecule has 0 amide bonds. The van der Waals surface area contributed by atoms with Crippen LogP contribution in [0, 0.1) is 0 Å². The Bertz CT molecular complexity index is 589. The minimum absolute atomic E-state index is 0.194. The van der Waals surface area contributed by atoms with Crippen LogP contribution >= 0.6 is 11.5 Å². The van der Waals surface area contributed by atoms with Gasteiger partial charge in [0, 0.05) is 12.6 Å². The third kappa shape index (κ3) is 2.53. The number of hydrogen-bond donors (Lipinski definition) is 1. The highest BCUT2D eigenvalue weighted by Crippen LogP contribution is 2.45. The first-order valence-electron chi connectivity index (χ1n) is 7.31. The van der Waals surface area contributed by atoms with Crippen LogP contribution in [0.4, 0.5) is 10.8 Å². The van der Waals surface area contributed by atoms with E-state index in [1.54, 1.807) is 0 Å². The van der Waals surface area contributed by atoms with Gasteiger partial charge in [0.25, 0.3) is 0 Å². The van der Waals surface area contributed by atoms with Crippen LogP contribution in [0.5, 0.6) is 0 Å². The number of sulfone groups is 1. The molecule has 0 unspecified atom stereocenters. The molecular weight excluding hydrogens is 294 g/mol. The Morgan fingerprint density at radius 3 is 2.60 bits per heavy atom. The fraction of sp³-hybridized carbons (Fsp3) is 0.769. The van der Waals surface area contributed by atoms with E-state index >= 15 is 0 Å². The number of nitrogens with zero attached hydrogens (tertiary/aromatic N) is 2. The number of anilines is 2. The molecule has 3 rings (SSSR count). The zero-order chi connectivity index (χ0) is 14.3. The minimum atomic E-state index is -3.28. The van der Waals surface area contributed by atoms with E-state index in [9.17, 15) is 8.42 Å². The number of nitrogen functional groups attached to an aromatic ring is 1. The molecule has 0 radical (unpaired) electrons. The van der Waals surface area contributed by atoms with Gasteiger partial charge in [0.15, 0.2) is 15.7 Å². The molecule has 7 heteroatoms. The molecule has 1 heterocycles. The van der Waals surface area contributed by atoms with E-state index in [1.807, 2.05) is 0 Å². The predicted octanol–water partition coefficient (Wildman–Crippen LogP) is 2.43. The van der Waals surface area contributed by atoms with Gasteiger partial charge >= 0.3 is 0 Å². The monoisotopic (exact) mass is 315 g/mol. The lowest BCUT2D eigenvalue weighted by atomic mass is 10.3. The lowest BCUT2D eigenvalue weighted by molar-refractivity contribution is 0.594. The van der Waals surface area contributed by atoms with Crippen molar-refractivity contribution >= 4 is 32.2 Å². The summed E-state index contributed by atoms with van der Waals surface area (Å²) < 4.78 is 29.3. The van der Waals surface area contributed by atoms with Gasteiger partial charge in [-0.3, -0.25) is 0 Å². The van der Waals surface area contributed by atoms with Crippen LogP contribution in [0.3, 0.4) is 0 Å². The SMILES string of the molecule is CCCCN(c1snc(N)c1S(=O)(=O)C1CC1)C1CC1. The second-order valence-corrected chi connectivity index (χ2v) is 8.64. The van der Waals surface area contributed by atoms with Crippen molar-refractivity contribution in [2.24, 2.45) is 0 Å². The first kappa shape index (κ1) is 14.1. The highest BCUT2D eigenvalue weighted by Gasteiger charge is 2.43. The largest absolute Gasteiger partial charge is 0.382 e. The molecule has 1 aromatic rings. The Kier molecular flexibility index (Phi) is 3.66. The second-order valence-electron chi connectivity index (χ2n) is 5.72.